The Morgan fingerprint density at radius 1 is 1.25 bits per heavy atom. The fourth-order valence-corrected chi connectivity index (χ4v) is 2.41. The third-order valence-corrected chi connectivity index (χ3v) is 3.53. The topological polar surface area (TPSA) is 87.8 Å². The molecule has 0 aliphatic carbocycles. The molecule has 24 heavy (non-hydrogen) atoms. The van der Waals surface area contributed by atoms with Crippen LogP contribution < -0.4 is 15.8 Å². The summed E-state index contributed by atoms with van der Waals surface area (Å²) in [6.45, 7) is 1.15. The number of aliphatic hydroxyl groups is 1. The molecule has 4 N–H and O–H groups in total. The Morgan fingerprint density at radius 2 is 2.00 bits per heavy atom. The number of nitrogens with one attached hydrogen (secondary N) is 1. The van der Waals surface area contributed by atoms with Crippen LogP contribution in [0, 0.1) is 0 Å². The molecule has 0 radical (unpaired) electrons. The maximum atomic E-state index is 12.3. The van der Waals surface area contributed by atoms with Gasteiger partial charge in [0.2, 0.25) is 5.91 Å². The van der Waals surface area contributed by atoms with Crippen molar-refractivity contribution in [2.24, 2.45) is 0 Å². The minimum Gasteiger partial charge on any atom is -0.495 e. The van der Waals surface area contributed by atoms with Crippen LogP contribution in [0.5, 0.6) is 5.75 Å². The van der Waals surface area contributed by atoms with Crippen molar-refractivity contribution in [2.75, 3.05) is 37.9 Å². The van der Waals surface area contributed by atoms with E-state index in [2.05, 4.69) is 5.32 Å². The van der Waals surface area contributed by atoms with Crippen molar-refractivity contribution in [3.8, 4) is 5.75 Å². The lowest BCUT2D eigenvalue weighted by molar-refractivity contribution is -0.117. The second-order valence-electron chi connectivity index (χ2n) is 5.43. The van der Waals surface area contributed by atoms with Crippen molar-refractivity contribution in [1.29, 1.82) is 0 Å². The van der Waals surface area contributed by atoms with Gasteiger partial charge in [0.1, 0.15) is 5.75 Å². The molecule has 0 saturated heterocycles. The summed E-state index contributed by atoms with van der Waals surface area (Å²) in [6.07, 6.45) is 0. The standard InChI is InChI=1S/C18H23N3O3/c1-24-17-8-7-15(19)11-16(17)20-18(23)13-21(9-10-22)12-14-5-3-2-4-6-14/h2-8,11,22H,9-10,12-13,19H2,1H3,(H,20,23). The minimum absolute atomic E-state index is 0.0122. The number of amides is 1. The van der Waals surface area contributed by atoms with Crippen LogP contribution >= 0.6 is 0 Å². The highest BCUT2D eigenvalue weighted by atomic mass is 16.5. The summed E-state index contributed by atoms with van der Waals surface area (Å²) < 4.78 is 5.23. The average Bonchev–Trinajstić information content (AvgIpc) is 2.56. The number of aliphatic hydroxyl groups excluding tert-OH is 1. The third-order valence-electron chi connectivity index (χ3n) is 3.53. The molecule has 2 aromatic carbocycles. The molecule has 0 unspecified atom stereocenters. The van der Waals surface area contributed by atoms with Gasteiger partial charge in [0, 0.05) is 18.8 Å². The zero-order valence-electron chi connectivity index (χ0n) is 13.7. The number of hydrogen-bond acceptors (Lipinski definition) is 5. The van der Waals surface area contributed by atoms with E-state index in [0.29, 0.717) is 30.2 Å². The first kappa shape index (κ1) is 17.8. The molecule has 0 bridgehead atoms. The maximum Gasteiger partial charge on any atom is 0.238 e. The molecule has 0 aliphatic rings. The number of carbonyl (C=O) groups excluding carboxylic acids is 1. The highest BCUT2D eigenvalue weighted by molar-refractivity contribution is 5.94. The number of hydrogen-bond donors (Lipinski definition) is 3. The molecule has 0 aliphatic heterocycles. The monoisotopic (exact) mass is 329 g/mol. The predicted molar refractivity (Wildman–Crippen MR) is 94.8 cm³/mol. The van der Waals surface area contributed by atoms with Crippen molar-refractivity contribution < 1.29 is 14.6 Å². The fourth-order valence-electron chi connectivity index (χ4n) is 2.41. The van der Waals surface area contributed by atoms with Gasteiger partial charge in [-0.2, -0.15) is 0 Å². The SMILES string of the molecule is COc1ccc(N)cc1NC(=O)CN(CCO)Cc1ccccc1. The Bertz CT molecular complexity index is 662. The van der Waals surface area contributed by atoms with Gasteiger partial charge in [-0.1, -0.05) is 30.3 Å². The summed E-state index contributed by atoms with van der Waals surface area (Å²) in [4.78, 5) is 14.2. The molecule has 6 heteroatoms. The summed E-state index contributed by atoms with van der Waals surface area (Å²) in [7, 11) is 1.54. The Morgan fingerprint density at radius 3 is 2.67 bits per heavy atom. The molecule has 0 saturated carbocycles. The zero-order valence-corrected chi connectivity index (χ0v) is 13.7. The Hall–Kier alpha value is -2.57. The predicted octanol–water partition coefficient (Wildman–Crippen LogP) is 1.71. The van der Waals surface area contributed by atoms with Gasteiger partial charge in [0.15, 0.2) is 0 Å². The Balaban J connectivity index is 2.01. The second kappa shape index (κ2) is 8.90. The molecular weight excluding hydrogens is 306 g/mol. The van der Waals surface area contributed by atoms with Crippen LogP contribution in [0.3, 0.4) is 0 Å². The smallest absolute Gasteiger partial charge is 0.238 e. The quantitative estimate of drug-likeness (QED) is 0.642. The normalized spacial score (nSPS) is 10.6. The van der Waals surface area contributed by atoms with Crippen molar-refractivity contribution in [3.05, 3.63) is 54.1 Å². The number of nitrogens with zero attached hydrogens (tertiary/aromatic N) is 1. The lowest BCUT2D eigenvalue weighted by Gasteiger charge is -2.21. The van der Waals surface area contributed by atoms with E-state index < -0.39 is 0 Å². The summed E-state index contributed by atoms with van der Waals surface area (Å²) >= 11 is 0. The number of carbonyl (C=O) groups is 1. The molecule has 0 atom stereocenters. The zero-order chi connectivity index (χ0) is 17.4. The van der Waals surface area contributed by atoms with E-state index in [0.717, 1.165) is 5.56 Å². The van der Waals surface area contributed by atoms with E-state index >= 15 is 0 Å². The first-order valence-electron chi connectivity index (χ1n) is 7.73. The number of anilines is 2. The first-order chi connectivity index (χ1) is 11.6. The van der Waals surface area contributed by atoms with E-state index in [9.17, 15) is 9.90 Å². The van der Waals surface area contributed by atoms with Gasteiger partial charge in [-0.15, -0.1) is 0 Å². The number of ether oxygens (including phenoxy) is 1. The summed E-state index contributed by atoms with van der Waals surface area (Å²) in [5.74, 6) is 0.359. The molecule has 0 aromatic heterocycles. The minimum atomic E-state index is -0.191. The van der Waals surface area contributed by atoms with Crippen LogP contribution in [0.1, 0.15) is 5.56 Å². The van der Waals surface area contributed by atoms with Crippen LogP contribution in [0.4, 0.5) is 11.4 Å². The molecule has 0 heterocycles. The van der Waals surface area contributed by atoms with Crippen molar-refractivity contribution in [3.63, 3.8) is 0 Å². The van der Waals surface area contributed by atoms with E-state index in [-0.39, 0.29) is 19.1 Å². The third kappa shape index (κ3) is 5.26. The van der Waals surface area contributed by atoms with Crippen LogP contribution in [-0.4, -0.2) is 42.7 Å². The first-order valence-corrected chi connectivity index (χ1v) is 7.73. The van der Waals surface area contributed by atoms with E-state index in [1.54, 1.807) is 18.2 Å². The summed E-state index contributed by atoms with van der Waals surface area (Å²) in [5.41, 5.74) is 7.92. The van der Waals surface area contributed by atoms with Gasteiger partial charge in [-0.25, -0.2) is 0 Å². The van der Waals surface area contributed by atoms with E-state index in [1.165, 1.54) is 7.11 Å². The van der Waals surface area contributed by atoms with Crippen LogP contribution in [-0.2, 0) is 11.3 Å². The van der Waals surface area contributed by atoms with E-state index in [1.807, 2.05) is 35.2 Å². The maximum absolute atomic E-state index is 12.3. The van der Waals surface area contributed by atoms with Crippen molar-refractivity contribution in [1.82, 2.24) is 4.90 Å². The van der Waals surface area contributed by atoms with Crippen molar-refractivity contribution >= 4 is 17.3 Å². The molecule has 6 nitrogen and oxygen atoms in total. The van der Waals surface area contributed by atoms with Gasteiger partial charge in [-0.3, -0.25) is 9.69 Å². The van der Waals surface area contributed by atoms with Gasteiger partial charge in [-0.05, 0) is 23.8 Å². The van der Waals surface area contributed by atoms with Gasteiger partial charge < -0.3 is 20.9 Å². The molecule has 2 aromatic rings. The number of nitrogens with two attached hydrogens (primary N) is 1. The second-order valence-corrected chi connectivity index (χ2v) is 5.43. The van der Waals surface area contributed by atoms with Crippen LogP contribution in [0.2, 0.25) is 0 Å². The highest BCUT2D eigenvalue weighted by Crippen LogP contribution is 2.26. The summed E-state index contributed by atoms with van der Waals surface area (Å²) in [6, 6.07) is 14.9. The molecule has 0 spiro atoms. The van der Waals surface area contributed by atoms with E-state index in [4.69, 9.17) is 10.5 Å². The number of benzene rings is 2. The fraction of sp³-hybridized carbons (Fsp3) is 0.278. The average molecular weight is 329 g/mol. The Labute approximate surface area is 141 Å². The lowest BCUT2D eigenvalue weighted by Crippen LogP contribution is -2.34. The summed E-state index contributed by atoms with van der Waals surface area (Å²) in [5, 5.41) is 12.0. The number of methoxy groups -OCH3 is 1. The lowest BCUT2D eigenvalue weighted by atomic mass is 10.2. The number of nitrogen functional groups attached to an aromatic ring is 1. The number of rotatable bonds is 8. The molecule has 2 rings (SSSR count). The largest absolute Gasteiger partial charge is 0.495 e. The van der Waals surface area contributed by atoms with Crippen LogP contribution in [0.15, 0.2) is 48.5 Å². The molecule has 1 amide bonds. The van der Waals surface area contributed by atoms with Gasteiger partial charge in [0.05, 0.1) is 25.9 Å². The van der Waals surface area contributed by atoms with Crippen molar-refractivity contribution in [2.45, 2.75) is 6.54 Å². The molecular formula is C18H23N3O3. The highest BCUT2D eigenvalue weighted by Gasteiger charge is 2.13. The van der Waals surface area contributed by atoms with Crippen LogP contribution in [0.25, 0.3) is 0 Å². The van der Waals surface area contributed by atoms with Gasteiger partial charge in [0.25, 0.3) is 0 Å². The Kier molecular flexibility index (Phi) is 6.60. The van der Waals surface area contributed by atoms with Gasteiger partial charge >= 0.3 is 0 Å². The molecule has 0 fully saturated rings. The molecule has 128 valence electrons.